The van der Waals surface area contributed by atoms with Gasteiger partial charge in [0.1, 0.15) is 5.75 Å². The molecule has 2 aromatic carbocycles. The zero-order chi connectivity index (χ0) is 24.4. The van der Waals surface area contributed by atoms with E-state index in [0.29, 0.717) is 11.7 Å². The minimum absolute atomic E-state index is 0.164. The van der Waals surface area contributed by atoms with Crippen molar-refractivity contribution in [1.82, 2.24) is 24.6 Å². The molecule has 182 valence electrons. The van der Waals surface area contributed by atoms with Crippen LogP contribution in [-0.4, -0.2) is 56.5 Å². The van der Waals surface area contributed by atoms with Crippen molar-refractivity contribution in [3.8, 4) is 17.1 Å². The second-order valence-corrected chi connectivity index (χ2v) is 9.91. The SMILES string of the molecule is CCn1c(SCC(=O)N2CCC(c3c[nH]c4ccc(OC)cc34)CC2)nnc1-c1ccccc1C. The molecule has 1 aliphatic heterocycles. The Morgan fingerprint density at radius 3 is 2.71 bits per heavy atom. The third-order valence-corrected chi connectivity index (χ3v) is 7.90. The number of aryl methyl sites for hydroxylation is 1. The molecule has 0 bridgehead atoms. The van der Waals surface area contributed by atoms with Crippen molar-refractivity contribution in [1.29, 1.82) is 0 Å². The van der Waals surface area contributed by atoms with Crippen LogP contribution in [-0.2, 0) is 11.3 Å². The lowest BCUT2D eigenvalue weighted by Crippen LogP contribution is -2.39. The summed E-state index contributed by atoms with van der Waals surface area (Å²) >= 11 is 1.48. The number of carbonyl (C=O) groups is 1. The Balaban J connectivity index is 1.21. The Labute approximate surface area is 209 Å². The molecule has 2 aromatic heterocycles. The number of hydrogen-bond donors (Lipinski definition) is 1. The number of nitrogens with zero attached hydrogens (tertiary/aromatic N) is 4. The molecule has 1 N–H and O–H groups in total. The van der Waals surface area contributed by atoms with E-state index in [-0.39, 0.29) is 5.91 Å². The summed E-state index contributed by atoms with van der Waals surface area (Å²) in [6.07, 6.45) is 4.04. The zero-order valence-corrected chi connectivity index (χ0v) is 21.3. The molecule has 1 fully saturated rings. The summed E-state index contributed by atoms with van der Waals surface area (Å²) in [7, 11) is 1.70. The van der Waals surface area contributed by atoms with Crippen molar-refractivity contribution < 1.29 is 9.53 Å². The highest BCUT2D eigenvalue weighted by molar-refractivity contribution is 7.99. The summed E-state index contributed by atoms with van der Waals surface area (Å²) in [6, 6.07) is 14.3. The molecule has 5 rings (SSSR count). The Kier molecular flexibility index (Phi) is 6.81. The van der Waals surface area contributed by atoms with E-state index < -0.39 is 0 Å². The second kappa shape index (κ2) is 10.2. The lowest BCUT2D eigenvalue weighted by atomic mass is 9.89. The van der Waals surface area contributed by atoms with Crippen LogP contribution in [0.1, 0.15) is 36.8 Å². The molecule has 1 aliphatic rings. The monoisotopic (exact) mass is 489 g/mol. The number of benzene rings is 2. The van der Waals surface area contributed by atoms with Crippen molar-refractivity contribution >= 4 is 28.6 Å². The number of piperidine rings is 1. The van der Waals surface area contributed by atoms with Crippen LogP contribution in [0.25, 0.3) is 22.3 Å². The number of H-pyrrole nitrogens is 1. The normalized spacial score (nSPS) is 14.5. The third kappa shape index (κ3) is 4.67. The van der Waals surface area contributed by atoms with E-state index in [1.807, 2.05) is 23.1 Å². The lowest BCUT2D eigenvalue weighted by molar-refractivity contribution is -0.129. The van der Waals surface area contributed by atoms with Crippen molar-refractivity contribution in [2.45, 2.75) is 44.3 Å². The summed E-state index contributed by atoms with van der Waals surface area (Å²) in [6.45, 7) is 6.47. The average Bonchev–Trinajstić information content (AvgIpc) is 3.51. The number of aromatic amines is 1. The molecule has 0 atom stereocenters. The number of fused-ring (bicyclic) bond motifs is 1. The van der Waals surface area contributed by atoms with Gasteiger partial charge in [0.25, 0.3) is 0 Å². The van der Waals surface area contributed by atoms with Crippen LogP contribution in [0.3, 0.4) is 0 Å². The van der Waals surface area contributed by atoms with Gasteiger partial charge in [0.2, 0.25) is 5.91 Å². The van der Waals surface area contributed by atoms with Gasteiger partial charge in [-0.05, 0) is 61.9 Å². The predicted octanol–water partition coefficient (Wildman–Crippen LogP) is 5.26. The van der Waals surface area contributed by atoms with Crippen molar-refractivity contribution in [2.24, 2.45) is 0 Å². The van der Waals surface area contributed by atoms with Crippen LogP contribution in [0.2, 0.25) is 0 Å². The highest BCUT2D eigenvalue weighted by atomic mass is 32.2. The number of thioether (sulfide) groups is 1. The number of aromatic nitrogens is 4. The highest BCUT2D eigenvalue weighted by Gasteiger charge is 2.26. The number of nitrogens with one attached hydrogen (secondary N) is 1. The van der Waals surface area contributed by atoms with Crippen LogP contribution in [0, 0.1) is 6.92 Å². The van der Waals surface area contributed by atoms with Crippen LogP contribution >= 0.6 is 11.8 Å². The average molecular weight is 490 g/mol. The fourth-order valence-electron chi connectivity index (χ4n) is 4.95. The van der Waals surface area contributed by atoms with Gasteiger partial charge in [-0.15, -0.1) is 10.2 Å². The molecule has 0 aliphatic carbocycles. The van der Waals surface area contributed by atoms with Crippen LogP contribution in [0.5, 0.6) is 5.75 Å². The van der Waals surface area contributed by atoms with Crippen LogP contribution in [0.15, 0.2) is 53.8 Å². The number of methoxy groups -OCH3 is 1. The molecule has 1 saturated heterocycles. The number of likely N-dealkylation sites (tertiary alicyclic amines) is 1. The van der Waals surface area contributed by atoms with Crippen LogP contribution in [0.4, 0.5) is 0 Å². The summed E-state index contributed by atoms with van der Waals surface area (Å²) in [5.41, 5.74) is 4.69. The van der Waals surface area contributed by atoms with Gasteiger partial charge in [-0.2, -0.15) is 0 Å². The van der Waals surface area contributed by atoms with Gasteiger partial charge in [-0.25, -0.2) is 0 Å². The summed E-state index contributed by atoms with van der Waals surface area (Å²) in [5, 5.41) is 10.9. The van der Waals surface area contributed by atoms with E-state index in [9.17, 15) is 4.79 Å². The molecule has 8 heteroatoms. The topological polar surface area (TPSA) is 76.0 Å². The van der Waals surface area contributed by atoms with Crippen molar-refractivity contribution in [3.63, 3.8) is 0 Å². The number of hydrogen-bond acceptors (Lipinski definition) is 5. The standard InChI is InChI=1S/C27H31N5O2S/c1-4-32-26(21-8-6-5-7-18(21)2)29-30-27(32)35-17-25(33)31-13-11-19(12-14-31)23-16-28-24-10-9-20(34-3)15-22(23)24/h5-10,15-16,19,28H,4,11-14,17H2,1-3H3. The molecule has 0 saturated carbocycles. The Hall–Kier alpha value is -3.26. The minimum Gasteiger partial charge on any atom is -0.497 e. The van der Waals surface area contributed by atoms with Gasteiger partial charge in [0.05, 0.1) is 12.9 Å². The smallest absolute Gasteiger partial charge is 0.233 e. The van der Waals surface area contributed by atoms with Gasteiger partial charge in [-0.1, -0.05) is 36.0 Å². The van der Waals surface area contributed by atoms with Crippen molar-refractivity contribution in [3.05, 3.63) is 59.8 Å². The van der Waals surface area contributed by atoms with Crippen LogP contribution < -0.4 is 4.74 Å². The fraction of sp³-hybridized carbons (Fsp3) is 0.370. The maximum atomic E-state index is 13.0. The van der Waals surface area contributed by atoms with Gasteiger partial charge < -0.3 is 19.2 Å². The number of ether oxygens (including phenoxy) is 1. The first kappa shape index (κ1) is 23.5. The predicted molar refractivity (Wildman–Crippen MR) is 140 cm³/mol. The molecule has 4 aromatic rings. The number of amides is 1. The van der Waals surface area contributed by atoms with Gasteiger partial charge in [-0.3, -0.25) is 4.79 Å². The van der Waals surface area contributed by atoms with E-state index >= 15 is 0 Å². The largest absolute Gasteiger partial charge is 0.497 e. The second-order valence-electron chi connectivity index (χ2n) is 8.96. The van der Waals surface area contributed by atoms with Gasteiger partial charge >= 0.3 is 0 Å². The zero-order valence-electron chi connectivity index (χ0n) is 20.5. The quantitative estimate of drug-likeness (QED) is 0.358. The Morgan fingerprint density at radius 1 is 1.17 bits per heavy atom. The first-order chi connectivity index (χ1) is 17.1. The molecule has 0 unspecified atom stereocenters. The molecule has 0 spiro atoms. The Bertz CT molecular complexity index is 1340. The first-order valence-corrected chi connectivity index (χ1v) is 13.1. The Morgan fingerprint density at radius 2 is 1.97 bits per heavy atom. The van der Waals surface area contributed by atoms with E-state index in [1.54, 1.807) is 7.11 Å². The molecule has 35 heavy (non-hydrogen) atoms. The van der Waals surface area contributed by atoms with E-state index in [4.69, 9.17) is 4.74 Å². The third-order valence-electron chi connectivity index (χ3n) is 6.95. The molecule has 0 radical (unpaired) electrons. The summed E-state index contributed by atoms with van der Waals surface area (Å²) in [4.78, 5) is 18.4. The lowest BCUT2D eigenvalue weighted by Gasteiger charge is -2.32. The van der Waals surface area contributed by atoms with Gasteiger partial charge in [0.15, 0.2) is 11.0 Å². The molecule has 7 nitrogen and oxygen atoms in total. The van der Waals surface area contributed by atoms with E-state index in [1.165, 1.54) is 28.3 Å². The van der Waals surface area contributed by atoms with Gasteiger partial charge in [0, 0.05) is 42.3 Å². The summed E-state index contributed by atoms with van der Waals surface area (Å²) < 4.78 is 7.51. The fourth-order valence-corrected chi connectivity index (χ4v) is 5.85. The first-order valence-electron chi connectivity index (χ1n) is 12.1. The molecular formula is C27H31N5O2S. The van der Waals surface area contributed by atoms with Crippen molar-refractivity contribution in [2.75, 3.05) is 26.0 Å². The minimum atomic E-state index is 0.164. The molecule has 1 amide bonds. The maximum Gasteiger partial charge on any atom is 0.233 e. The molecular weight excluding hydrogens is 458 g/mol. The van der Waals surface area contributed by atoms with E-state index in [0.717, 1.165) is 60.3 Å². The number of rotatable bonds is 7. The number of carbonyl (C=O) groups excluding carboxylic acids is 1. The highest BCUT2D eigenvalue weighted by Crippen LogP contribution is 2.35. The summed E-state index contributed by atoms with van der Waals surface area (Å²) in [5.74, 6) is 2.70. The van der Waals surface area contributed by atoms with E-state index in [2.05, 4.69) is 64.1 Å². The molecule has 3 heterocycles. The maximum absolute atomic E-state index is 13.0.